The molecule has 0 aromatic carbocycles. The molecule has 1 fully saturated rings. The summed E-state index contributed by atoms with van der Waals surface area (Å²) in [6.45, 7) is 10.3. The first kappa shape index (κ1) is 14.5. The summed E-state index contributed by atoms with van der Waals surface area (Å²) in [6, 6.07) is -0.326. The number of carbonyl (C=O) groups excluding carboxylic acids is 1. The first-order valence-corrected chi connectivity index (χ1v) is 6.96. The molecule has 0 radical (unpaired) electrons. The number of nitrogens with zero attached hydrogens (tertiary/aromatic N) is 1. The summed E-state index contributed by atoms with van der Waals surface area (Å²) in [5.74, 6) is 1.77. The van der Waals surface area contributed by atoms with Crippen LogP contribution in [0.15, 0.2) is 0 Å². The Hall–Kier alpha value is -0.570. The number of nitrogens with two attached hydrogens (primary N) is 1. The van der Waals surface area contributed by atoms with E-state index in [1.54, 1.807) is 0 Å². The van der Waals surface area contributed by atoms with Gasteiger partial charge < -0.3 is 10.6 Å². The zero-order valence-corrected chi connectivity index (χ0v) is 11.8. The number of carbonyl (C=O) groups is 1. The summed E-state index contributed by atoms with van der Waals surface area (Å²) >= 11 is 0. The fraction of sp³-hybridized carbons (Fsp3) is 0.929. The molecule has 17 heavy (non-hydrogen) atoms. The molecular formula is C14H28N2O. The highest BCUT2D eigenvalue weighted by Gasteiger charge is 2.28. The summed E-state index contributed by atoms with van der Waals surface area (Å²) in [6.07, 6.45) is 3.62. The second-order valence-corrected chi connectivity index (χ2v) is 6.19. The maximum Gasteiger partial charge on any atom is 0.239 e. The van der Waals surface area contributed by atoms with Crippen molar-refractivity contribution < 1.29 is 4.79 Å². The van der Waals surface area contributed by atoms with Crippen molar-refractivity contribution in [1.29, 1.82) is 0 Å². The van der Waals surface area contributed by atoms with Crippen LogP contribution < -0.4 is 5.73 Å². The summed E-state index contributed by atoms with van der Waals surface area (Å²) in [7, 11) is 0. The summed E-state index contributed by atoms with van der Waals surface area (Å²) in [4.78, 5) is 14.2. The zero-order valence-electron chi connectivity index (χ0n) is 11.8. The second kappa shape index (κ2) is 6.39. The summed E-state index contributed by atoms with van der Waals surface area (Å²) < 4.78 is 0. The lowest BCUT2D eigenvalue weighted by atomic mass is 9.89. The van der Waals surface area contributed by atoms with E-state index in [1.165, 1.54) is 12.8 Å². The predicted molar refractivity (Wildman–Crippen MR) is 71.6 cm³/mol. The Morgan fingerprint density at radius 2 is 2.00 bits per heavy atom. The van der Waals surface area contributed by atoms with Crippen molar-refractivity contribution in [2.75, 3.05) is 13.1 Å². The smallest absolute Gasteiger partial charge is 0.239 e. The molecule has 2 N–H and O–H groups in total. The maximum absolute atomic E-state index is 12.2. The van der Waals surface area contributed by atoms with Crippen LogP contribution >= 0.6 is 0 Å². The van der Waals surface area contributed by atoms with E-state index in [4.69, 9.17) is 5.73 Å². The fourth-order valence-electron chi connectivity index (χ4n) is 2.62. The first-order chi connectivity index (χ1) is 7.91. The van der Waals surface area contributed by atoms with E-state index in [0.717, 1.165) is 19.5 Å². The van der Waals surface area contributed by atoms with Crippen LogP contribution in [-0.2, 0) is 4.79 Å². The molecule has 1 amide bonds. The van der Waals surface area contributed by atoms with Gasteiger partial charge in [0.25, 0.3) is 0 Å². The van der Waals surface area contributed by atoms with Crippen molar-refractivity contribution in [3.05, 3.63) is 0 Å². The fourth-order valence-corrected chi connectivity index (χ4v) is 2.62. The molecule has 1 aliphatic rings. The Balaban J connectivity index is 2.51. The molecule has 0 spiro atoms. The number of amides is 1. The van der Waals surface area contributed by atoms with Crippen molar-refractivity contribution in [3.8, 4) is 0 Å². The molecule has 0 saturated carbocycles. The van der Waals surface area contributed by atoms with Gasteiger partial charge in [0.2, 0.25) is 5.91 Å². The molecule has 1 heterocycles. The normalized spacial score (nSPS) is 23.2. The van der Waals surface area contributed by atoms with Crippen molar-refractivity contribution in [2.45, 2.75) is 53.0 Å². The van der Waals surface area contributed by atoms with Gasteiger partial charge in [-0.2, -0.15) is 0 Å². The van der Waals surface area contributed by atoms with Gasteiger partial charge in [-0.05, 0) is 37.0 Å². The molecule has 2 unspecified atom stereocenters. The third-order valence-corrected chi connectivity index (χ3v) is 3.64. The van der Waals surface area contributed by atoms with Gasteiger partial charge in [-0.3, -0.25) is 4.79 Å². The van der Waals surface area contributed by atoms with Crippen LogP contribution in [0.3, 0.4) is 0 Å². The predicted octanol–water partition coefficient (Wildman–Crippen LogP) is 2.25. The van der Waals surface area contributed by atoms with Crippen LogP contribution in [0.1, 0.15) is 47.0 Å². The third-order valence-electron chi connectivity index (χ3n) is 3.64. The largest absolute Gasteiger partial charge is 0.341 e. The van der Waals surface area contributed by atoms with Crippen LogP contribution in [-0.4, -0.2) is 29.9 Å². The lowest BCUT2D eigenvalue weighted by Gasteiger charge is -2.35. The maximum atomic E-state index is 12.2. The van der Waals surface area contributed by atoms with Gasteiger partial charge in [-0.1, -0.05) is 27.7 Å². The Bertz CT molecular complexity index is 251. The molecule has 1 saturated heterocycles. The van der Waals surface area contributed by atoms with Crippen molar-refractivity contribution in [2.24, 2.45) is 23.5 Å². The third kappa shape index (κ3) is 4.30. The summed E-state index contributed by atoms with van der Waals surface area (Å²) in [5, 5.41) is 0. The molecule has 3 nitrogen and oxygen atoms in total. The van der Waals surface area contributed by atoms with Crippen molar-refractivity contribution in [3.63, 3.8) is 0 Å². The molecule has 1 rings (SSSR count). The second-order valence-electron chi connectivity index (χ2n) is 6.19. The van der Waals surface area contributed by atoms with Gasteiger partial charge >= 0.3 is 0 Å². The monoisotopic (exact) mass is 240 g/mol. The van der Waals surface area contributed by atoms with Gasteiger partial charge in [-0.15, -0.1) is 0 Å². The Kier molecular flexibility index (Phi) is 5.44. The van der Waals surface area contributed by atoms with Crippen LogP contribution in [0.4, 0.5) is 0 Å². The Morgan fingerprint density at radius 3 is 2.53 bits per heavy atom. The standard InChI is InChI=1S/C14H28N2O/c1-10(2)8-12-6-5-7-16(9-12)14(17)13(15)11(3)4/h10-13H,5-9,15H2,1-4H3. The lowest BCUT2D eigenvalue weighted by Crippen LogP contribution is -2.50. The SMILES string of the molecule is CC(C)CC1CCCN(C(=O)C(N)C(C)C)C1. The molecule has 100 valence electrons. The average Bonchev–Trinajstić information content (AvgIpc) is 2.26. The van der Waals surface area contributed by atoms with Crippen LogP contribution in [0.5, 0.6) is 0 Å². The number of hydrogen-bond donors (Lipinski definition) is 1. The molecule has 1 aliphatic heterocycles. The van der Waals surface area contributed by atoms with E-state index in [2.05, 4.69) is 13.8 Å². The van der Waals surface area contributed by atoms with E-state index >= 15 is 0 Å². The molecule has 2 atom stereocenters. The van der Waals surface area contributed by atoms with Gasteiger partial charge in [0.05, 0.1) is 6.04 Å². The minimum atomic E-state index is -0.326. The van der Waals surface area contributed by atoms with Gasteiger partial charge in [0.1, 0.15) is 0 Å². The van der Waals surface area contributed by atoms with Gasteiger partial charge in [-0.25, -0.2) is 0 Å². The van der Waals surface area contributed by atoms with Crippen molar-refractivity contribution >= 4 is 5.91 Å². The minimum Gasteiger partial charge on any atom is -0.341 e. The number of likely N-dealkylation sites (tertiary alicyclic amines) is 1. The van der Waals surface area contributed by atoms with E-state index in [0.29, 0.717) is 11.8 Å². The topological polar surface area (TPSA) is 46.3 Å². The number of piperidine rings is 1. The minimum absolute atomic E-state index is 0.147. The highest BCUT2D eigenvalue weighted by atomic mass is 16.2. The Labute approximate surface area is 106 Å². The molecule has 0 aromatic rings. The molecule has 0 bridgehead atoms. The molecular weight excluding hydrogens is 212 g/mol. The average molecular weight is 240 g/mol. The molecule has 3 heteroatoms. The van der Waals surface area contributed by atoms with Crippen molar-refractivity contribution in [1.82, 2.24) is 4.90 Å². The van der Waals surface area contributed by atoms with E-state index in [9.17, 15) is 4.79 Å². The Morgan fingerprint density at radius 1 is 1.35 bits per heavy atom. The van der Waals surface area contributed by atoms with Crippen LogP contribution in [0.2, 0.25) is 0 Å². The lowest BCUT2D eigenvalue weighted by molar-refractivity contribution is -0.135. The summed E-state index contributed by atoms with van der Waals surface area (Å²) in [5.41, 5.74) is 5.95. The highest BCUT2D eigenvalue weighted by Crippen LogP contribution is 2.23. The van der Waals surface area contributed by atoms with E-state index in [1.807, 2.05) is 18.7 Å². The van der Waals surface area contributed by atoms with Crippen LogP contribution in [0, 0.1) is 17.8 Å². The zero-order chi connectivity index (χ0) is 13.0. The van der Waals surface area contributed by atoms with E-state index < -0.39 is 0 Å². The first-order valence-electron chi connectivity index (χ1n) is 6.96. The van der Waals surface area contributed by atoms with E-state index in [-0.39, 0.29) is 17.9 Å². The van der Waals surface area contributed by atoms with Crippen LogP contribution in [0.25, 0.3) is 0 Å². The highest BCUT2D eigenvalue weighted by molar-refractivity contribution is 5.82. The number of rotatable bonds is 4. The molecule has 0 aromatic heterocycles. The number of hydrogen-bond acceptors (Lipinski definition) is 2. The van der Waals surface area contributed by atoms with Gasteiger partial charge in [0, 0.05) is 13.1 Å². The molecule has 0 aliphatic carbocycles. The van der Waals surface area contributed by atoms with Gasteiger partial charge in [0.15, 0.2) is 0 Å². The quantitative estimate of drug-likeness (QED) is 0.819.